The minimum atomic E-state index is -1.58. The average molecular weight is 655 g/mol. The fraction of sp³-hybridized carbons (Fsp3) is 0.571. The van der Waals surface area contributed by atoms with Crippen LogP contribution >= 0.6 is 0 Å². The van der Waals surface area contributed by atoms with Crippen LogP contribution in [-0.2, 0) is 17.8 Å². The summed E-state index contributed by atoms with van der Waals surface area (Å²) in [5.41, 5.74) is 1.30. The van der Waals surface area contributed by atoms with Gasteiger partial charge in [0.15, 0.2) is 0 Å². The van der Waals surface area contributed by atoms with Crippen molar-refractivity contribution >= 4 is 11.0 Å². The molecule has 0 bridgehead atoms. The number of benzene rings is 2. The Morgan fingerprint density at radius 2 is 1.32 bits per heavy atom. The molecular formula is C35H46N2O10. The second-order valence-electron chi connectivity index (χ2n) is 13.1. The van der Waals surface area contributed by atoms with Gasteiger partial charge in [0.05, 0.1) is 23.3 Å². The van der Waals surface area contributed by atoms with Gasteiger partial charge in [-0.15, -0.1) is 0 Å². The van der Waals surface area contributed by atoms with Gasteiger partial charge in [-0.25, -0.2) is 0 Å². The van der Waals surface area contributed by atoms with E-state index in [0.29, 0.717) is 29.8 Å². The van der Waals surface area contributed by atoms with Crippen LogP contribution in [0.1, 0.15) is 62.5 Å². The highest BCUT2D eigenvalue weighted by Gasteiger charge is 2.44. The van der Waals surface area contributed by atoms with Gasteiger partial charge in [-0.3, -0.25) is 14.6 Å². The minimum Gasteiger partial charge on any atom is -0.507 e. The van der Waals surface area contributed by atoms with Gasteiger partial charge in [0.1, 0.15) is 58.9 Å². The topological polar surface area (TPSA) is 177 Å². The van der Waals surface area contributed by atoms with Crippen molar-refractivity contribution in [3.63, 3.8) is 0 Å². The van der Waals surface area contributed by atoms with E-state index >= 15 is 0 Å². The SMILES string of the molecule is O=c1c(-c2ccc(O[C@H]3O[C@@H](CO)[C@H](O)[C@@H](O)[C@@H]3O)cc2)coc2c(CN3CCCCCC3)c(O)c(CN3CCCCCC3)c(O)c12. The lowest BCUT2D eigenvalue weighted by atomic mass is 9.98. The van der Waals surface area contributed by atoms with Crippen molar-refractivity contribution < 1.29 is 44.5 Å². The lowest BCUT2D eigenvalue weighted by Gasteiger charge is -2.39. The van der Waals surface area contributed by atoms with Gasteiger partial charge in [-0.2, -0.15) is 0 Å². The Morgan fingerprint density at radius 1 is 0.745 bits per heavy atom. The number of fused-ring (bicyclic) bond motifs is 1. The molecule has 0 saturated carbocycles. The highest BCUT2D eigenvalue weighted by Crippen LogP contribution is 2.41. The summed E-state index contributed by atoms with van der Waals surface area (Å²) in [7, 11) is 0. The highest BCUT2D eigenvalue weighted by atomic mass is 16.7. The number of aliphatic hydroxyl groups is 4. The summed E-state index contributed by atoms with van der Waals surface area (Å²) in [6.45, 7) is 3.61. The zero-order chi connectivity index (χ0) is 33.1. The van der Waals surface area contributed by atoms with Gasteiger partial charge in [0.2, 0.25) is 11.7 Å². The summed E-state index contributed by atoms with van der Waals surface area (Å²) in [6.07, 6.45) is 3.04. The maximum absolute atomic E-state index is 14.2. The van der Waals surface area contributed by atoms with Crippen molar-refractivity contribution in [1.82, 2.24) is 9.80 Å². The normalized spacial score (nSPS) is 26.6. The number of aliphatic hydroxyl groups excluding tert-OH is 4. The molecule has 3 fully saturated rings. The van der Waals surface area contributed by atoms with Gasteiger partial charge >= 0.3 is 0 Å². The van der Waals surface area contributed by atoms with Gasteiger partial charge in [0.25, 0.3) is 0 Å². The van der Waals surface area contributed by atoms with Crippen molar-refractivity contribution in [2.24, 2.45) is 0 Å². The van der Waals surface area contributed by atoms with Crippen LogP contribution in [0.5, 0.6) is 17.2 Å². The molecule has 2 aromatic carbocycles. The van der Waals surface area contributed by atoms with Crippen LogP contribution in [0.25, 0.3) is 22.1 Å². The fourth-order valence-corrected chi connectivity index (χ4v) is 7.00. The molecule has 3 aliphatic rings. The quantitative estimate of drug-likeness (QED) is 0.210. The summed E-state index contributed by atoms with van der Waals surface area (Å²) in [5.74, 6) is -0.0379. The first-order valence-corrected chi connectivity index (χ1v) is 16.8. The number of ether oxygens (including phenoxy) is 2. The third-order valence-electron chi connectivity index (χ3n) is 9.79. The molecule has 1 aromatic heterocycles. The fourth-order valence-electron chi connectivity index (χ4n) is 7.00. The summed E-state index contributed by atoms with van der Waals surface area (Å²) >= 11 is 0. The molecule has 0 unspecified atom stereocenters. The Labute approximate surface area is 273 Å². The molecule has 256 valence electrons. The van der Waals surface area contributed by atoms with Crippen LogP contribution in [-0.4, -0.2) is 104 Å². The van der Waals surface area contributed by atoms with Crippen molar-refractivity contribution in [3.05, 3.63) is 51.9 Å². The van der Waals surface area contributed by atoms with Gasteiger partial charge in [-0.05, 0) is 69.6 Å². The third kappa shape index (κ3) is 7.14. The molecule has 47 heavy (non-hydrogen) atoms. The second kappa shape index (κ2) is 14.9. The van der Waals surface area contributed by atoms with Gasteiger partial charge < -0.3 is 44.5 Å². The first-order valence-electron chi connectivity index (χ1n) is 16.8. The molecule has 3 aliphatic heterocycles. The monoisotopic (exact) mass is 654 g/mol. The summed E-state index contributed by atoms with van der Waals surface area (Å²) in [6, 6.07) is 6.33. The van der Waals surface area contributed by atoms with E-state index in [1.54, 1.807) is 24.3 Å². The molecule has 12 heteroatoms. The lowest BCUT2D eigenvalue weighted by molar-refractivity contribution is -0.277. The Kier molecular flexibility index (Phi) is 10.7. The Morgan fingerprint density at radius 3 is 1.89 bits per heavy atom. The lowest BCUT2D eigenvalue weighted by Crippen LogP contribution is -2.60. The number of aromatic hydroxyl groups is 2. The average Bonchev–Trinajstić information content (AvgIpc) is 3.51. The molecule has 3 saturated heterocycles. The Bertz CT molecular complexity index is 1560. The Hall–Kier alpha value is -3.23. The van der Waals surface area contributed by atoms with Crippen molar-refractivity contribution in [2.45, 2.75) is 95.2 Å². The van der Waals surface area contributed by atoms with E-state index in [9.17, 15) is 35.4 Å². The summed E-state index contributed by atoms with van der Waals surface area (Å²) in [5, 5.41) is 63.2. The van der Waals surface area contributed by atoms with Gasteiger partial charge in [0, 0.05) is 13.1 Å². The smallest absolute Gasteiger partial charge is 0.229 e. The predicted molar refractivity (Wildman–Crippen MR) is 173 cm³/mol. The predicted octanol–water partition coefficient (Wildman–Crippen LogP) is 2.80. The number of phenolic OH excluding ortho intramolecular Hbond substituents is 2. The molecule has 4 heterocycles. The van der Waals surface area contributed by atoms with E-state index in [-0.39, 0.29) is 33.8 Å². The number of hydrogen-bond donors (Lipinski definition) is 6. The number of nitrogens with zero attached hydrogens (tertiary/aromatic N) is 2. The van der Waals surface area contributed by atoms with Crippen LogP contribution in [0.2, 0.25) is 0 Å². The van der Waals surface area contributed by atoms with E-state index in [4.69, 9.17) is 13.9 Å². The van der Waals surface area contributed by atoms with E-state index < -0.39 is 42.7 Å². The zero-order valence-corrected chi connectivity index (χ0v) is 26.6. The number of phenols is 2. The van der Waals surface area contributed by atoms with E-state index in [1.165, 1.54) is 6.26 Å². The zero-order valence-electron chi connectivity index (χ0n) is 26.6. The second-order valence-corrected chi connectivity index (χ2v) is 13.1. The van der Waals surface area contributed by atoms with Crippen LogP contribution in [0.15, 0.2) is 39.7 Å². The number of rotatable bonds is 8. The maximum Gasteiger partial charge on any atom is 0.229 e. The number of likely N-dealkylation sites (tertiary alicyclic amines) is 2. The van der Waals surface area contributed by atoms with E-state index in [2.05, 4.69) is 9.80 Å². The molecule has 6 rings (SSSR count). The highest BCUT2D eigenvalue weighted by molar-refractivity contribution is 5.92. The molecule has 6 N–H and O–H groups in total. The molecule has 12 nitrogen and oxygen atoms in total. The third-order valence-corrected chi connectivity index (χ3v) is 9.79. The summed E-state index contributed by atoms with van der Waals surface area (Å²) in [4.78, 5) is 18.7. The van der Waals surface area contributed by atoms with E-state index in [0.717, 1.165) is 77.5 Å². The molecule has 0 radical (unpaired) electrons. The van der Waals surface area contributed by atoms with Crippen molar-refractivity contribution in [1.29, 1.82) is 0 Å². The standard InChI is InChI=1S/C35H46N2O10/c38-19-26-31(42)32(43)33(44)35(47-26)46-22-11-9-21(10-12-22)25-20-45-34-24(18-37-15-7-3-4-8-16-37)28(39)23(29(40)27(34)30(25)41)17-36-13-5-1-2-6-14-36/h9-12,20,26,31-33,35,38-40,42-44H,1-8,13-19H2/t26-,31-,32+,33-,35-/m0/s1. The summed E-state index contributed by atoms with van der Waals surface area (Å²) < 4.78 is 17.2. The van der Waals surface area contributed by atoms with E-state index in [1.807, 2.05) is 0 Å². The van der Waals surface area contributed by atoms with Crippen LogP contribution in [0.3, 0.4) is 0 Å². The molecule has 5 atom stereocenters. The van der Waals surface area contributed by atoms with Crippen LogP contribution in [0, 0.1) is 0 Å². The molecule has 0 aliphatic carbocycles. The number of hydrogen-bond acceptors (Lipinski definition) is 12. The Balaban J connectivity index is 1.34. The van der Waals surface area contributed by atoms with Crippen LogP contribution in [0.4, 0.5) is 0 Å². The maximum atomic E-state index is 14.2. The molecule has 3 aromatic rings. The largest absolute Gasteiger partial charge is 0.507 e. The van der Waals surface area contributed by atoms with Crippen molar-refractivity contribution in [3.8, 4) is 28.4 Å². The first-order chi connectivity index (χ1) is 22.8. The van der Waals surface area contributed by atoms with Gasteiger partial charge in [-0.1, -0.05) is 37.8 Å². The molecule has 0 amide bonds. The van der Waals surface area contributed by atoms with Crippen LogP contribution < -0.4 is 10.2 Å². The molecular weight excluding hydrogens is 608 g/mol. The molecule has 0 spiro atoms. The first kappa shape index (κ1) is 33.7. The van der Waals surface area contributed by atoms with Crippen molar-refractivity contribution in [2.75, 3.05) is 32.8 Å². The minimum absolute atomic E-state index is 0.0194.